The van der Waals surface area contributed by atoms with Gasteiger partial charge in [-0.05, 0) is 35.0 Å². The lowest BCUT2D eigenvalue weighted by Gasteiger charge is -2.06. The van der Waals surface area contributed by atoms with Crippen LogP contribution in [0.1, 0.15) is 0 Å². The Morgan fingerprint density at radius 1 is 0.708 bits per heavy atom. The van der Waals surface area contributed by atoms with Gasteiger partial charge >= 0.3 is 43.0 Å². The third-order valence-corrected chi connectivity index (χ3v) is 6.68. The van der Waals surface area contributed by atoms with Crippen LogP contribution in [0.2, 0.25) is 0 Å². The molecule has 2 rings (SSSR count). The molecule has 0 saturated heterocycles. The Labute approximate surface area is 141 Å². The minimum absolute atomic E-state index is 0.108. The van der Waals surface area contributed by atoms with Crippen molar-refractivity contribution in [3.05, 3.63) is 36.4 Å². The summed E-state index contributed by atoms with van der Waals surface area (Å²) in [5.74, 6) is 0. The lowest BCUT2D eigenvalue weighted by molar-refractivity contribution is 0.439. The highest BCUT2D eigenvalue weighted by Gasteiger charge is 2.21. The van der Waals surface area contributed by atoms with Gasteiger partial charge in [0.15, 0.2) is 0 Å². The summed E-state index contributed by atoms with van der Waals surface area (Å²) in [7, 11) is -9.08. The summed E-state index contributed by atoms with van der Waals surface area (Å²) >= 11 is -6.12. The van der Waals surface area contributed by atoms with Crippen molar-refractivity contribution in [3.63, 3.8) is 0 Å². The first kappa shape index (κ1) is 19.1. The molecule has 0 aliphatic rings. The van der Waals surface area contributed by atoms with Crippen molar-refractivity contribution in [2.75, 3.05) is 0 Å². The molecule has 0 aliphatic heterocycles. The van der Waals surface area contributed by atoms with E-state index < -0.39 is 52.7 Å². The van der Waals surface area contributed by atoms with E-state index in [2.05, 4.69) is 7.26 Å². The fourth-order valence-electron chi connectivity index (χ4n) is 1.75. The van der Waals surface area contributed by atoms with Crippen molar-refractivity contribution in [2.45, 2.75) is 9.79 Å². The molecule has 24 heavy (non-hydrogen) atoms. The van der Waals surface area contributed by atoms with Gasteiger partial charge in [-0.25, -0.2) is 0 Å². The normalized spacial score (nSPS) is 15.2. The third-order valence-electron chi connectivity index (χ3n) is 2.66. The molecular formula is C10H8O10S4. The van der Waals surface area contributed by atoms with Crippen molar-refractivity contribution in [1.82, 2.24) is 0 Å². The second-order valence-corrected chi connectivity index (χ2v) is 8.87. The average molecular weight is 416 g/mol. The Morgan fingerprint density at radius 3 is 1.42 bits per heavy atom. The van der Waals surface area contributed by atoms with Crippen LogP contribution in [0.4, 0.5) is 0 Å². The largest absolute Gasteiger partial charge is 0.317 e. The minimum atomic E-state index is -4.54. The number of rotatable bonds is 6. The zero-order valence-electron chi connectivity index (χ0n) is 11.3. The fourth-order valence-corrected chi connectivity index (χ4v) is 4.61. The molecule has 0 aliphatic carbocycles. The lowest BCUT2D eigenvalue weighted by Crippen LogP contribution is -2.09. The van der Waals surface area contributed by atoms with Crippen LogP contribution in [-0.2, 0) is 50.2 Å². The van der Waals surface area contributed by atoms with E-state index in [0.717, 1.165) is 24.3 Å². The first-order valence-electron chi connectivity index (χ1n) is 5.67. The fraction of sp³-hybridized carbons (Fsp3) is 0. The van der Waals surface area contributed by atoms with Gasteiger partial charge in [0, 0.05) is 0 Å². The SMILES string of the molecule is O=S(O)OS(=O)(=O)c1ccc2ccc(S(=O)(=O)OS(=O)O)cc2c1. The van der Waals surface area contributed by atoms with Crippen LogP contribution >= 0.6 is 0 Å². The highest BCUT2D eigenvalue weighted by Crippen LogP contribution is 2.24. The van der Waals surface area contributed by atoms with E-state index in [9.17, 15) is 25.3 Å². The first-order valence-corrected chi connectivity index (χ1v) is 10.5. The molecule has 2 N–H and O–H groups in total. The molecule has 2 unspecified atom stereocenters. The Bertz CT molecular complexity index is 960. The van der Waals surface area contributed by atoms with E-state index >= 15 is 0 Å². The topological polar surface area (TPSA) is 161 Å². The molecule has 2 aromatic carbocycles. The molecular weight excluding hydrogens is 408 g/mol. The van der Waals surface area contributed by atoms with Crippen LogP contribution in [-0.4, -0.2) is 34.4 Å². The molecule has 0 radical (unpaired) electrons. The van der Waals surface area contributed by atoms with Crippen LogP contribution in [0.5, 0.6) is 0 Å². The number of benzene rings is 2. The summed E-state index contributed by atoms with van der Waals surface area (Å²) in [5.41, 5.74) is 0. The first-order chi connectivity index (χ1) is 11.0. The molecule has 2 aromatic rings. The molecule has 2 atom stereocenters. The van der Waals surface area contributed by atoms with Gasteiger partial charge < -0.3 is 0 Å². The maximum atomic E-state index is 11.7. The quantitative estimate of drug-likeness (QED) is 0.635. The van der Waals surface area contributed by atoms with Gasteiger partial charge in [0.1, 0.15) is 0 Å². The standard InChI is InChI=1S/C10H8O10S4/c11-21(12)19-23(15,16)9-3-1-7-2-4-10(6-8(7)5-9)24(17,18)20-22(13)14/h1-6H,(H,11,12)(H,13,14). The summed E-state index contributed by atoms with van der Waals surface area (Å²) in [6, 6.07) is 6.83. The van der Waals surface area contributed by atoms with Crippen molar-refractivity contribution < 1.29 is 41.6 Å². The van der Waals surface area contributed by atoms with Crippen LogP contribution in [0, 0.1) is 0 Å². The summed E-state index contributed by atoms with van der Waals surface area (Å²) in [5, 5.41) is 0.542. The maximum Gasteiger partial charge on any atom is 0.317 e. The lowest BCUT2D eigenvalue weighted by atomic mass is 10.1. The van der Waals surface area contributed by atoms with Crippen molar-refractivity contribution in [1.29, 1.82) is 0 Å². The molecule has 0 fully saturated rings. The highest BCUT2D eigenvalue weighted by molar-refractivity contribution is 7.95. The zero-order chi connectivity index (χ0) is 18.1. The van der Waals surface area contributed by atoms with Gasteiger partial charge in [-0.2, -0.15) is 25.3 Å². The van der Waals surface area contributed by atoms with E-state index in [1.165, 1.54) is 12.1 Å². The second kappa shape index (κ2) is 6.93. The van der Waals surface area contributed by atoms with Crippen molar-refractivity contribution in [2.24, 2.45) is 0 Å². The predicted octanol–water partition coefficient (Wildman–Crippen LogP) is 0.524. The monoisotopic (exact) mass is 416 g/mol. The molecule has 132 valence electrons. The third kappa shape index (κ3) is 4.42. The number of hydrogen-bond donors (Lipinski definition) is 2. The smallest absolute Gasteiger partial charge is 0.283 e. The van der Waals surface area contributed by atoms with E-state index in [-0.39, 0.29) is 5.39 Å². The summed E-state index contributed by atoms with van der Waals surface area (Å²) in [6.07, 6.45) is 0. The van der Waals surface area contributed by atoms with Crippen molar-refractivity contribution in [3.8, 4) is 0 Å². The molecule has 0 aromatic heterocycles. The number of hydrogen-bond acceptors (Lipinski definition) is 8. The highest BCUT2D eigenvalue weighted by atomic mass is 32.3. The predicted molar refractivity (Wildman–Crippen MR) is 82.0 cm³/mol. The summed E-state index contributed by atoms with van der Waals surface area (Å²) < 4.78 is 92.7. The molecule has 0 bridgehead atoms. The van der Waals surface area contributed by atoms with Gasteiger partial charge in [0.05, 0.1) is 9.79 Å². The summed E-state index contributed by atoms with van der Waals surface area (Å²) in [4.78, 5) is -0.975. The van der Waals surface area contributed by atoms with Crippen LogP contribution in [0.25, 0.3) is 10.8 Å². The Kier molecular flexibility index (Phi) is 5.50. The van der Waals surface area contributed by atoms with Crippen LogP contribution in [0.15, 0.2) is 46.2 Å². The van der Waals surface area contributed by atoms with Crippen LogP contribution < -0.4 is 0 Å². The van der Waals surface area contributed by atoms with Crippen molar-refractivity contribution >= 4 is 53.7 Å². The number of fused-ring (bicyclic) bond motifs is 1. The minimum Gasteiger partial charge on any atom is -0.283 e. The Hall–Kier alpha value is -1.26. The molecule has 0 amide bonds. The second-order valence-electron chi connectivity index (χ2n) is 4.15. The summed E-state index contributed by atoms with van der Waals surface area (Å²) in [6.45, 7) is 0. The maximum absolute atomic E-state index is 11.7. The van der Waals surface area contributed by atoms with E-state index in [1.807, 2.05) is 0 Å². The van der Waals surface area contributed by atoms with E-state index in [1.54, 1.807) is 0 Å². The average Bonchev–Trinajstić information content (AvgIpc) is 2.43. The van der Waals surface area contributed by atoms with Crippen LogP contribution in [0.3, 0.4) is 0 Å². The van der Waals surface area contributed by atoms with Gasteiger partial charge in [-0.15, -0.1) is 7.26 Å². The molecule has 0 heterocycles. The van der Waals surface area contributed by atoms with E-state index in [0.29, 0.717) is 5.39 Å². The van der Waals surface area contributed by atoms with Gasteiger partial charge in [0.2, 0.25) is 0 Å². The Balaban J connectivity index is 2.56. The molecule has 0 saturated carbocycles. The van der Waals surface area contributed by atoms with Gasteiger partial charge in [-0.1, -0.05) is 12.1 Å². The Morgan fingerprint density at radius 2 is 1.08 bits per heavy atom. The molecule has 14 heteroatoms. The van der Waals surface area contributed by atoms with Gasteiger partial charge in [0.25, 0.3) is 0 Å². The molecule has 0 spiro atoms. The van der Waals surface area contributed by atoms with E-state index in [4.69, 9.17) is 9.11 Å². The zero-order valence-corrected chi connectivity index (χ0v) is 14.5. The molecule has 10 nitrogen and oxygen atoms in total. The van der Waals surface area contributed by atoms with Gasteiger partial charge in [-0.3, -0.25) is 9.11 Å².